The Labute approximate surface area is 236 Å². The van der Waals surface area contributed by atoms with E-state index in [1.54, 1.807) is 0 Å². The molecule has 0 radical (unpaired) electrons. The molecule has 8 rings (SSSR count). The molecule has 0 bridgehead atoms. The lowest BCUT2D eigenvalue weighted by molar-refractivity contribution is -0.874. The maximum absolute atomic E-state index is 4.53. The maximum atomic E-state index is 4.53. The van der Waals surface area contributed by atoms with Crippen molar-refractivity contribution < 1.29 is 9.13 Å². The van der Waals surface area contributed by atoms with Crippen LogP contribution in [-0.2, 0) is 22.9 Å². The van der Waals surface area contributed by atoms with Gasteiger partial charge < -0.3 is 0 Å². The van der Waals surface area contributed by atoms with E-state index in [1.165, 1.54) is 50.3 Å². The summed E-state index contributed by atoms with van der Waals surface area (Å²) in [7, 11) is 0. The van der Waals surface area contributed by atoms with Crippen molar-refractivity contribution in [3.8, 4) is 33.6 Å². The van der Waals surface area contributed by atoms with E-state index in [0.717, 1.165) is 6.42 Å². The third-order valence-electron chi connectivity index (χ3n) is 10.9. The lowest BCUT2D eigenvalue weighted by Gasteiger charge is -2.67. The number of aromatic nitrogens is 2. The Morgan fingerprint density at radius 2 is 1.45 bits per heavy atom. The molecule has 4 heterocycles. The molecule has 4 atom stereocenters. The van der Waals surface area contributed by atoms with Gasteiger partial charge in [0, 0.05) is 42.7 Å². The predicted octanol–water partition coefficient (Wildman–Crippen LogP) is 7.32. The average Bonchev–Trinajstić information content (AvgIpc) is 3.00. The Bertz CT molecular complexity index is 1850. The highest BCUT2D eigenvalue weighted by Gasteiger charge is 2.88. The van der Waals surface area contributed by atoms with Crippen LogP contribution in [0.4, 0.5) is 0 Å². The average molecular weight is 519 g/mol. The first-order chi connectivity index (χ1) is 19.5. The Morgan fingerprint density at radius 1 is 0.750 bits per heavy atom. The first-order valence-corrected chi connectivity index (χ1v) is 14.4. The highest BCUT2D eigenvalue weighted by molar-refractivity contribution is 5.73. The lowest BCUT2D eigenvalue weighted by Crippen LogP contribution is -2.94. The molecule has 3 aliphatic rings. The van der Waals surface area contributed by atoms with Crippen LogP contribution in [0.2, 0.25) is 0 Å². The summed E-state index contributed by atoms with van der Waals surface area (Å²) in [6, 6.07) is 38.0. The highest BCUT2D eigenvalue weighted by Crippen LogP contribution is 2.70. The quantitative estimate of drug-likeness (QED) is 0.171. The van der Waals surface area contributed by atoms with Crippen molar-refractivity contribution in [3.05, 3.63) is 145 Å². The van der Waals surface area contributed by atoms with Crippen LogP contribution in [0.25, 0.3) is 33.6 Å². The van der Waals surface area contributed by atoms with Crippen LogP contribution in [0.1, 0.15) is 30.5 Å². The van der Waals surface area contributed by atoms with Crippen LogP contribution < -0.4 is 9.13 Å². The third-order valence-corrected chi connectivity index (χ3v) is 10.9. The van der Waals surface area contributed by atoms with Gasteiger partial charge in [0.2, 0.25) is 16.9 Å². The van der Waals surface area contributed by atoms with Crippen LogP contribution >= 0.6 is 0 Å². The minimum absolute atomic E-state index is 0.201. The van der Waals surface area contributed by atoms with Crippen molar-refractivity contribution in [2.24, 2.45) is 5.92 Å². The Hall–Kier alpha value is -4.30. The molecule has 2 aliphatic heterocycles. The summed E-state index contributed by atoms with van der Waals surface area (Å²) in [6.45, 7) is 11.8. The van der Waals surface area contributed by atoms with E-state index in [2.05, 4.69) is 158 Å². The van der Waals surface area contributed by atoms with Crippen molar-refractivity contribution in [1.82, 2.24) is 0 Å². The van der Waals surface area contributed by atoms with Crippen molar-refractivity contribution >= 4 is 0 Å². The van der Waals surface area contributed by atoms with Gasteiger partial charge in [-0.1, -0.05) is 72.8 Å². The van der Waals surface area contributed by atoms with Gasteiger partial charge in [0.15, 0.2) is 17.9 Å². The van der Waals surface area contributed by atoms with Crippen LogP contribution in [0, 0.1) is 12.8 Å². The second kappa shape index (κ2) is 7.88. The summed E-state index contributed by atoms with van der Waals surface area (Å²) < 4.78 is 5.23. The molecule has 40 heavy (non-hydrogen) atoms. The third kappa shape index (κ3) is 2.51. The zero-order chi connectivity index (χ0) is 27.3. The van der Waals surface area contributed by atoms with Gasteiger partial charge in [0.1, 0.15) is 11.3 Å². The van der Waals surface area contributed by atoms with Gasteiger partial charge >= 0.3 is 0 Å². The number of hydrogen-bond acceptors (Lipinski definition) is 0. The normalized spacial score (nSPS) is 26.9. The van der Waals surface area contributed by atoms with Crippen LogP contribution in [0.5, 0.6) is 0 Å². The predicted molar refractivity (Wildman–Crippen MR) is 161 cm³/mol. The molecule has 3 aromatic carbocycles. The molecule has 2 aromatic heterocycles. The van der Waals surface area contributed by atoms with Gasteiger partial charge in [-0.2, -0.15) is 9.13 Å². The molecule has 0 N–H and O–H groups in total. The fourth-order valence-corrected chi connectivity index (χ4v) is 9.06. The minimum Gasteiger partial charge on any atom is -0.190 e. The van der Waals surface area contributed by atoms with Crippen molar-refractivity contribution in [1.29, 1.82) is 0 Å². The van der Waals surface area contributed by atoms with Gasteiger partial charge in [-0.05, 0) is 54.3 Å². The summed E-state index contributed by atoms with van der Waals surface area (Å²) in [4.78, 5) is 0. The zero-order valence-corrected chi connectivity index (χ0v) is 23.4. The number of pyridine rings is 2. The summed E-state index contributed by atoms with van der Waals surface area (Å²) in [5.74, 6) is 0.202. The first-order valence-electron chi connectivity index (χ1n) is 14.4. The minimum atomic E-state index is -0.220. The Kier molecular flexibility index (Phi) is 4.65. The monoisotopic (exact) mass is 518 g/mol. The van der Waals surface area contributed by atoms with Gasteiger partial charge in [-0.25, -0.2) is 0 Å². The van der Waals surface area contributed by atoms with Crippen LogP contribution in [0.15, 0.2) is 128 Å². The molecule has 194 valence electrons. The maximum Gasteiger partial charge on any atom is 0.213 e. The second-order valence-electron chi connectivity index (χ2n) is 12.2. The van der Waals surface area contributed by atoms with Gasteiger partial charge in [0.25, 0.3) is 0 Å². The van der Waals surface area contributed by atoms with Gasteiger partial charge in [0.05, 0.1) is 5.56 Å². The molecule has 2 heteroatoms. The summed E-state index contributed by atoms with van der Waals surface area (Å²) in [6.07, 6.45) is 7.98. The Balaban J connectivity index is 1.47. The molecule has 0 amide bonds. The molecule has 1 saturated carbocycles. The topological polar surface area (TPSA) is 7.76 Å². The largest absolute Gasteiger partial charge is 0.213 e. The van der Waals surface area contributed by atoms with E-state index < -0.39 is 0 Å². The second-order valence-corrected chi connectivity index (χ2v) is 12.2. The molecule has 0 saturated heterocycles. The number of fused-ring (bicyclic) bond motifs is 11. The fourth-order valence-electron chi connectivity index (χ4n) is 9.06. The molecule has 1 aliphatic carbocycles. The van der Waals surface area contributed by atoms with E-state index in [4.69, 9.17) is 0 Å². The van der Waals surface area contributed by atoms with Crippen molar-refractivity contribution in [3.63, 3.8) is 0 Å². The Morgan fingerprint density at radius 3 is 2.25 bits per heavy atom. The van der Waals surface area contributed by atoms with Crippen LogP contribution in [-0.4, -0.2) is 0 Å². The number of rotatable bonds is 2. The molecule has 1 fully saturated rings. The molecule has 4 unspecified atom stereocenters. The van der Waals surface area contributed by atoms with Crippen LogP contribution in [0.3, 0.4) is 0 Å². The smallest absolute Gasteiger partial charge is 0.190 e. The summed E-state index contributed by atoms with van der Waals surface area (Å²) >= 11 is 0. The lowest BCUT2D eigenvalue weighted by atomic mass is 9.34. The highest BCUT2D eigenvalue weighted by atomic mass is 15.2. The molecule has 2 nitrogen and oxygen atoms in total. The van der Waals surface area contributed by atoms with E-state index in [0.29, 0.717) is 0 Å². The fraction of sp³-hybridized carbons (Fsp3) is 0.211. The summed E-state index contributed by atoms with van der Waals surface area (Å²) in [5, 5.41) is 0. The number of benzene rings is 3. The van der Waals surface area contributed by atoms with Gasteiger partial charge in [-0.15, -0.1) is 6.58 Å². The molecule has 5 aromatic rings. The molecular formula is C38H34N2+2. The van der Waals surface area contributed by atoms with Crippen molar-refractivity contribution in [2.75, 3.05) is 0 Å². The SMILES string of the molecule is C=CC1C2(C)[n+]3cc(-c4ccccc4)c(C)cc3-c3ccccc3C2(C)C12Cc1ccccc1-c1cccc[n+]12. The van der Waals surface area contributed by atoms with Gasteiger partial charge in [-0.3, -0.25) is 0 Å². The van der Waals surface area contributed by atoms with E-state index in [1.807, 2.05) is 0 Å². The number of aryl methyl sites for hydroxylation is 1. The van der Waals surface area contributed by atoms with E-state index >= 15 is 0 Å². The standard InChI is InChI=1S/C38H34N2/c1-5-35-37(4)36(3,38(35)24-28-17-9-10-18-29(28)33-21-13-14-22-39(33)38)32-20-12-11-19-30(32)34-23-26(2)31(25-40(34)37)27-15-7-6-8-16-27/h5-23,25,35H,1,24H2,2-4H3/q+2. The van der Waals surface area contributed by atoms with Crippen molar-refractivity contribution in [2.45, 2.75) is 43.7 Å². The van der Waals surface area contributed by atoms with E-state index in [9.17, 15) is 0 Å². The number of hydrogen-bond donors (Lipinski definition) is 0. The molecular weight excluding hydrogens is 484 g/mol. The van der Waals surface area contributed by atoms with E-state index in [-0.39, 0.29) is 22.4 Å². The zero-order valence-electron chi connectivity index (χ0n) is 23.4. The number of nitrogens with zero attached hydrogens (tertiary/aromatic N) is 2. The summed E-state index contributed by atoms with van der Waals surface area (Å²) in [5.41, 5.74) is 11.3. The molecule has 1 spiro atoms. The first kappa shape index (κ1) is 23.6. The number of allylic oxidation sites excluding steroid dienone is 1.